The summed E-state index contributed by atoms with van der Waals surface area (Å²) < 4.78 is 40.4. The number of primary amides is 1. The molecule has 3 amide bonds. The molecule has 0 radical (unpaired) electrons. The van der Waals surface area contributed by atoms with Crippen molar-refractivity contribution in [3.8, 4) is 0 Å². The number of halogens is 3. The topological polar surface area (TPSA) is 92.5 Å². The van der Waals surface area contributed by atoms with Gasteiger partial charge in [-0.15, -0.1) is 0 Å². The highest BCUT2D eigenvalue weighted by Gasteiger charge is 2.48. The minimum absolute atomic E-state index is 0.00661. The molecule has 140 valence electrons. The van der Waals surface area contributed by atoms with Gasteiger partial charge in [-0.1, -0.05) is 18.2 Å². The number of carbonyl (C=O) groups is 3. The van der Waals surface area contributed by atoms with E-state index in [0.29, 0.717) is 0 Å². The van der Waals surface area contributed by atoms with Crippen LogP contribution in [0, 0.1) is 5.82 Å². The number of hydrogen-bond acceptors (Lipinski definition) is 3. The molecule has 1 saturated heterocycles. The van der Waals surface area contributed by atoms with Crippen molar-refractivity contribution in [2.45, 2.75) is 49.7 Å². The highest BCUT2D eigenvalue weighted by molar-refractivity contribution is 5.95. The van der Waals surface area contributed by atoms with Crippen molar-refractivity contribution >= 4 is 17.7 Å². The normalized spacial score (nSPS) is 23.4. The van der Waals surface area contributed by atoms with Crippen molar-refractivity contribution in [2.75, 3.05) is 0 Å². The van der Waals surface area contributed by atoms with E-state index in [9.17, 15) is 27.6 Å². The van der Waals surface area contributed by atoms with Crippen LogP contribution in [0.1, 0.15) is 37.3 Å². The Hall–Kier alpha value is -2.58. The Labute approximate surface area is 147 Å². The fraction of sp³-hybridized carbons (Fsp3) is 0.471. The molecule has 3 N–H and O–H groups in total. The van der Waals surface area contributed by atoms with Gasteiger partial charge in [-0.05, 0) is 12.5 Å². The van der Waals surface area contributed by atoms with E-state index in [1.54, 1.807) is 0 Å². The lowest BCUT2D eigenvalue weighted by atomic mass is 9.87. The van der Waals surface area contributed by atoms with Gasteiger partial charge in [-0.2, -0.15) is 0 Å². The Morgan fingerprint density at radius 2 is 1.92 bits per heavy atom. The molecule has 2 aliphatic rings. The molecule has 0 spiro atoms. The van der Waals surface area contributed by atoms with Gasteiger partial charge in [0, 0.05) is 30.9 Å². The number of likely N-dealkylation sites (tertiary alicyclic amines) is 1. The molecular formula is C17H18F3N3O3. The number of nitrogens with one attached hydrogen (secondary N) is 1. The van der Waals surface area contributed by atoms with Crippen LogP contribution >= 0.6 is 0 Å². The summed E-state index contributed by atoms with van der Waals surface area (Å²) in [5.41, 5.74) is 5.21. The van der Waals surface area contributed by atoms with Crippen molar-refractivity contribution < 1.29 is 27.6 Å². The lowest BCUT2D eigenvalue weighted by Crippen LogP contribution is -2.55. The monoisotopic (exact) mass is 369 g/mol. The van der Waals surface area contributed by atoms with E-state index in [1.807, 2.05) is 0 Å². The lowest BCUT2D eigenvalue weighted by Gasteiger charge is -2.38. The third-order valence-electron chi connectivity index (χ3n) is 4.75. The van der Waals surface area contributed by atoms with Gasteiger partial charge in [0.1, 0.15) is 17.9 Å². The second kappa shape index (κ2) is 6.62. The highest BCUT2D eigenvalue weighted by Crippen LogP contribution is 2.38. The summed E-state index contributed by atoms with van der Waals surface area (Å²) in [6, 6.07) is 2.06. The molecule has 1 aliphatic carbocycles. The highest BCUT2D eigenvalue weighted by atomic mass is 19.3. The minimum Gasteiger partial charge on any atom is -0.368 e. The van der Waals surface area contributed by atoms with E-state index >= 15 is 0 Å². The van der Waals surface area contributed by atoms with Gasteiger partial charge in [-0.3, -0.25) is 14.4 Å². The number of nitrogens with zero attached hydrogens (tertiary/aromatic N) is 1. The summed E-state index contributed by atoms with van der Waals surface area (Å²) >= 11 is 0. The molecular weight excluding hydrogens is 351 g/mol. The van der Waals surface area contributed by atoms with Gasteiger partial charge in [0.05, 0.1) is 0 Å². The van der Waals surface area contributed by atoms with E-state index in [1.165, 1.54) is 18.2 Å². The van der Waals surface area contributed by atoms with E-state index in [-0.39, 0.29) is 18.4 Å². The Kier molecular flexibility index (Phi) is 4.64. The number of amides is 3. The average molecular weight is 369 g/mol. The zero-order valence-electron chi connectivity index (χ0n) is 13.8. The molecule has 9 heteroatoms. The maximum Gasteiger partial charge on any atom is 0.252 e. The molecule has 2 fully saturated rings. The molecule has 1 aromatic carbocycles. The van der Waals surface area contributed by atoms with Gasteiger partial charge in [0.15, 0.2) is 0 Å². The molecule has 0 bridgehead atoms. The third-order valence-corrected chi connectivity index (χ3v) is 4.75. The predicted octanol–water partition coefficient (Wildman–Crippen LogP) is 1.26. The quantitative estimate of drug-likeness (QED) is 0.818. The Balaban J connectivity index is 1.92. The van der Waals surface area contributed by atoms with Gasteiger partial charge in [0.2, 0.25) is 17.7 Å². The molecule has 3 rings (SSSR count). The standard InChI is InChI=1S/C17H18F3N3O3/c18-11-4-2-1-3-10(11)14(16(26)22-9-7-17(19,20)8-9)23-12(15(21)25)5-6-13(23)24/h1-4,9,12,14H,5-8H2,(H2,21,25)(H,22,26)/t12?,14-/m0/s1. The Morgan fingerprint density at radius 3 is 2.50 bits per heavy atom. The Bertz CT molecular complexity index is 748. The molecule has 1 aliphatic heterocycles. The van der Waals surface area contributed by atoms with Crippen LogP contribution in [-0.4, -0.2) is 40.6 Å². The minimum atomic E-state index is -2.84. The smallest absolute Gasteiger partial charge is 0.252 e. The SMILES string of the molecule is NC(=O)C1CCC(=O)N1[C@H](C(=O)NC1CC(F)(F)C1)c1ccccc1F. The van der Waals surface area contributed by atoms with Crippen LogP contribution in [0.2, 0.25) is 0 Å². The van der Waals surface area contributed by atoms with Crippen LogP contribution in [-0.2, 0) is 14.4 Å². The summed E-state index contributed by atoms with van der Waals surface area (Å²) in [4.78, 5) is 37.7. The van der Waals surface area contributed by atoms with E-state index < -0.39 is 60.4 Å². The summed E-state index contributed by atoms with van der Waals surface area (Å²) in [6.45, 7) is 0. The second-order valence-electron chi connectivity index (χ2n) is 6.65. The fourth-order valence-electron chi connectivity index (χ4n) is 3.46. The lowest BCUT2D eigenvalue weighted by molar-refractivity contribution is -0.145. The summed E-state index contributed by atoms with van der Waals surface area (Å²) in [5.74, 6) is -5.71. The number of rotatable bonds is 5. The number of benzene rings is 1. The molecule has 1 unspecified atom stereocenters. The first-order valence-corrected chi connectivity index (χ1v) is 8.23. The van der Waals surface area contributed by atoms with Gasteiger partial charge in [0.25, 0.3) is 5.92 Å². The number of alkyl halides is 2. The zero-order valence-corrected chi connectivity index (χ0v) is 13.8. The number of carbonyl (C=O) groups excluding carboxylic acids is 3. The summed E-state index contributed by atoms with van der Waals surface area (Å²) in [5, 5.41) is 2.42. The van der Waals surface area contributed by atoms with Gasteiger partial charge < -0.3 is 16.0 Å². The van der Waals surface area contributed by atoms with Crippen LogP contribution in [0.15, 0.2) is 24.3 Å². The van der Waals surface area contributed by atoms with Gasteiger partial charge in [-0.25, -0.2) is 13.2 Å². The van der Waals surface area contributed by atoms with Crippen LogP contribution in [0.25, 0.3) is 0 Å². The number of nitrogens with two attached hydrogens (primary N) is 1. The summed E-state index contributed by atoms with van der Waals surface area (Å²) in [6.07, 6.45) is -0.924. The van der Waals surface area contributed by atoms with Crippen molar-refractivity contribution in [1.82, 2.24) is 10.2 Å². The molecule has 1 aromatic rings. The first-order valence-electron chi connectivity index (χ1n) is 8.23. The predicted molar refractivity (Wildman–Crippen MR) is 84.3 cm³/mol. The average Bonchev–Trinajstić information content (AvgIpc) is 2.90. The largest absolute Gasteiger partial charge is 0.368 e. The van der Waals surface area contributed by atoms with Crippen LogP contribution in [0.4, 0.5) is 13.2 Å². The van der Waals surface area contributed by atoms with Crippen molar-refractivity contribution in [2.24, 2.45) is 5.73 Å². The van der Waals surface area contributed by atoms with Crippen molar-refractivity contribution in [3.63, 3.8) is 0 Å². The number of hydrogen-bond donors (Lipinski definition) is 2. The van der Waals surface area contributed by atoms with Crippen LogP contribution in [0.3, 0.4) is 0 Å². The van der Waals surface area contributed by atoms with Crippen LogP contribution < -0.4 is 11.1 Å². The molecule has 1 saturated carbocycles. The molecule has 6 nitrogen and oxygen atoms in total. The molecule has 1 heterocycles. The van der Waals surface area contributed by atoms with Crippen LogP contribution in [0.5, 0.6) is 0 Å². The third kappa shape index (κ3) is 3.38. The molecule has 0 aromatic heterocycles. The maximum absolute atomic E-state index is 14.3. The molecule has 26 heavy (non-hydrogen) atoms. The van der Waals surface area contributed by atoms with E-state index in [2.05, 4.69) is 5.32 Å². The first-order chi connectivity index (χ1) is 12.2. The van der Waals surface area contributed by atoms with Gasteiger partial charge >= 0.3 is 0 Å². The van der Waals surface area contributed by atoms with Crippen molar-refractivity contribution in [3.05, 3.63) is 35.6 Å². The van der Waals surface area contributed by atoms with E-state index in [4.69, 9.17) is 5.73 Å². The first kappa shape index (κ1) is 18.2. The molecule has 2 atom stereocenters. The zero-order chi connectivity index (χ0) is 19.1. The Morgan fingerprint density at radius 1 is 1.27 bits per heavy atom. The second-order valence-corrected chi connectivity index (χ2v) is 6.65. The summed E-state index contributed by atoms with van der Waals surface area (Å²) in [7, 11) is 0. The van der Waals surface area contributed by atoms with Crippen molar-refractivity contribution in [1.29, 1.82) is 0 Å². The van der Waals surface area contributed by atoms with E-state index in [0.717, 1.165) is 11.0 Å². The fourth-order valence-corrected chi connectivity index (χ4v) is 3.46. The maximum atomic E-state index is 14.3.